The Bertz CT molecular complexity index is 1140. The van der Waals surface area contributed by atoms with Crippen LogP contribution in [0.1, 0.15) is 22.5 Å². The molecule has 4 nitrogen and oxygen atoms in total. The molecular formula is C23H20FN3OS. The predicted octanol–water partition coefficient (Wildman–Crippen LogP) is 5.43. The molecule has 0 bridgehead atoms. The van der Waals surface area contributed by atoms with Crippen LogP contribution < -0.4 is 5.32 Å². The molecule has 6 heteroatoms. The number of hydrogen-bond acceptors (Lipinski definition) is 3. The van der Waals surface area contributed by atoms with Gasteiger partial charge in [0.25, 0.3) is 5.91 Å². The van der Waals surface area contributed by atoms with Gasteiger partial charge in [-0.05, 0) is 86.6 Å². The molecule has 2 heterocycles. The van der Waals surface area contributed by atoms with Crippen molar-refractivity contribution < 1.29 is 9.18 Å². The molecule has 0 radical (unpaired) electrons. The molecule has 2 aromatic carbocycles. The van der Waals surface area contributed by atoms with Crippen molar-refractivity contribution in [1.29, 1.82) is 0 Å². The maximum absolute atomic E-state index is 13.0. The van der Waals surface area contributed by atoms with Gasteiger partial charge in [-0.15, -0.1) is 0 Å². The van der Waals surface area contributed by atoms with Crippen LogP contribution in [-0.4, -0.2) is 15.6 Å². The van der Waals surface area contributed by atoms with Gasteiger partial charge in [0, 0.05) is 17.1 Å². The van der Waals surface area contributed by atoms with E-state index in [1.807, 2.05) is 13.0 Å². The molecule has 4 rings (SSSR count). The Morgan fingerprint density at radius 2 is 1.72 bits per heavy atom. The number of rotatable bonds is 3. The molecule has 0 saturated carbocycles. The fourth-order valence-corrected chi connectivity index (χ4v) is 4.11. The molecule has 1 aromatic heterocycles. The number of amides is 1. The summed E-state index contributed by atoms with van der Waals surface area (Å²) in [6.45, 7) is 6.17. The van der Waals surface area contributed by atoms with Crippen molar-refractivity contribution in [3.8, 4) is 5.69 Å². The summed E-state index contributed by atoms with van der Waals surface area (Å²) >= 11 is 1.28. The molecule has 1 amide bonds. The van der Waals surface area contributed by atoms with Crippen LogP contribution in [0.5, 0.6) is 0 Å². The minimum atomic E-state index is -0.318. The quantitative estimate of drug-likeness (QED) is 0.591. The lowest BCUT2D eigenvalue weighted by atomic mass is 10.2. The molecule has 3 aromatic rings. The van der Waals surface area contributed by atoms with E-state index in [2.05, 4.69) is 59.1 Å². The number of carbonyl (C=O) groups excluding carboxylic acids is 1. The normalized spacial score (nSPS) is 16.6. The number of amidine groups is 1. The summed E-state index contributed by atoms with van der Waals surface area (Å²) in [5, 5.41) is 3.26. The SMILES string of the molecule is Cc1ccc(-n2c(C)cc(/C=C3\SC(=Nc4ccc(F)cc4)NC3=O)c2C)cc1. The second kappa shape index (κ2) is 7.72. The summed E-state index contributed by atoms with van der Waals surface area (Å²) in [6.07, 6.45) is 1.89. The molecule has 29 heavy (non-hydrogen) atoms. The Kier molecular flexibility index (Phi) is 5.11. The Morgan fingerprint density at radius 3 is 2.41 bits per heavy atom. The third-order valence-electron chi connectivity index (χ3n) is 4.76. The number of aryl methyl sites for hydroxylation is 2. The number of thioether (sulfide) groups is 1. The number of carbonyl (C=O) groups is 1. The highest BCUT2D eigenvalue weighted by molar-refractivity contribution is 8.18. The average Bonchev–Trinajstić information content (AvgIpc) is 3.17. The van der Waals surface area contributed by atoms with E-state index in [1.54, 1.807) is 12.1 Å². The Morgan fingerprint density at radius 1 is 1.03 bits per heavy atom. The monoisotopic (exact) mass is 405 g/mol. The van der Waals surface area contributed by atoms with Crippen molar-refractivity contribution in [2.45, 2.75) is 20.8 Å². The van der Waals surface area contributed by atoms with Crippen LogP contribution in [0.3, 0.4) is 0 Å². The van der Waals surface area contributed by atoms with Crippen LogP contribution in [-0.2, 0) is 4.79 Å². The summed E-state index contributed by atoms with van der Waals surface area (Å²) in [5.41, 5.74) is 6.05. The van der Waals surface area contributed by atoms with E-state index in [-0.39, 0.29) is 11.7 Å². The smallest absolute Gasteiger partial charge is 0.264 e. The van der Waals surface area contributed by atoms with Gasteiger partial charge in [0.2, 0.25) is 0 Å². The topological polar surface area (TPSA) is 46.4 Å². The molecule has 1 saturated heterocycles. The zero-order valence-electron chi connectivity index (χ0n) is 16.4. The summed E-state index contributed by atoms with van der Waals surface area (Å²) in [5.74, 6) is -0.502. The maximum atomic E-state index is 13.0. The summed E-state index contributed by atoms with van der Waals surface area (Å²) in [4.78, 5) is 17.4. The fourth-order valence-electron chi connectivity index (χ4n) is 3.28. The van der Waals surface area contributed by atoms with Gasteiger partial charge in [0.05, 0.1) is 10.6 Å². The molecule has 0 atom stereocenters. The highest BCUT2D eigenvalue weighted by Gasteiger charge is 2.24. The maximum Gasteiger partial charge on any atom is 0.264 e. The van der Waals surface area contributed by atoms with Crippen LogP contribution in [0.25, 0.3) is 11.8 Å². The Balaban J connectivity index is 1.63. The lowest BCUT2D eigenvalue weighted by molar-refractivity contribution is -0.115. The number of nitrogens with zero attached hydrogens (tertiary/aromatic N) is 2. The molecule has 0 aliphatic carbocycles. The molecule has 1 aliphatic heterocycles. The van der Waals surface area contributed by atoms with Crippen molar-refractivity contribution in [1.82, 2.24) is 9.88 Å². The van der Waals surface area contributed by atoms with Crippen LogP contribution in [0.15, 0.2) is 64.5 Å². The van der Waals surface area contributed by atoms with Crippen LogP contribution in [0, 0.1) is 26.6 Å². The van der Waals surface area contributed by atoms with E-state index in [0.717, 1.165) is 22.6 Å². The molecule has 0 spiro atoms. The molecule has 1 fully saturated rings. The van der Waals surface area contributed by atoms with Gasteiger partial charge in [0.15, 0.2) is 5.17 Å². The second-order valence-corrected chi connectivity index (χ2v) is 7.99. The van der Waals surface area contributed by atoms with E-state index in [4.69, 9.17) is 0 Å². The number of aliphatic imine (C=N–C) groups is 1. The Hall–Kier alpha value is -3.12. The van der Waals surface area contributed by atoms with Gasteiger partial charge in [-0.2, -0.15) is 0 Å². The lowest BCUT2D eigenvalue weighted by Gasteiger charge is -2.10. The van der Waals surface area contributed by atoms with Crippen molar-refractivity contribution in [2.24, 2.45) is 4.99 Å². The first-order valence-corrected chi connectivity index (χ1v) is 10.0. The summed E-state index contributed by atoms with van der Waals surface area (Å²) in [7, 11) is 0. The minimum absolute atomic E-state index is 0.184. The number of aromatic nitrogens is 1. The molecule has 1 N–H and O–H groups in total. The summed E-state index contributed by atoms with van der Waals surface area (Å²) < 4.78 is 15.2. The predicted molar refractivity (Wildman–Crippen MR) is 117 cm³/mol. The van der Waals surface area contributed by atoms with Gasteiger partial charge in [-0.1, -0.05) is 17.7 Å². The van der Waals surface area contributed by atoms with Crippen molar-refractivity contribution in [2.75, 3.05) is 0 Å². The number of nitrogens with one attached hydrogen (secondary N) is 1. The van der Waals surface area contributed by atoms with Crippen LogP contribution in [0.2, 0.25) is 0 Å². The number of hydrogen-bond donors (Lipinski definition) is 1. The fraction of sp³-hybridized carbons (Fsp3) is 0.130. The van der Waals surface area contributed by atoms with Crippen molar-refractivity contribution in [3.05, 3.63) is 87.8 Å². The first-order chi connectivity index (χ1) is 13.9. The molecule has 0 unspecified atom stereocenters. The zero-order valence-corrected chi connectivity index (χ0v) is 17.2. The largest absolute Gasteiger partial charge is 0.318 e. The highest BCUT2D eigenvalue weighted by atomic mass is 32.2. The van der Waals surface area contributed by atoms with Gasteiger partial charge < -0.3 is 9.88 Å². The number of benzene rings is 2. The van der Waals surface area contributed by atoms with E-state index >= 15 is 0 Å². The van der Waals surface area contributed by atoms with Gasteiger partial charge in [-0.25, -0.2) is 9.38 Å². The molecule has 1 aliphatic rings. The van der Waals surface area contributed by atoms with E-state index in [0.29, 0.717) is 15.8 Å². The van der Waals surface area contributed by atoms with Crippen LogP contribution >= 0.6 is 11.8 Å². The van der Waals surface area contributed by atoms with E-state index < -0.39 is 0 Å². The first-order valence-electron chi connectivity index (χ1n) is 9.22. The average molecular weight is 405 g/mol. The van der Waals surface area contributed by atoms with Crippen LogP contribution in [0.4, 0.5) is 10.1 Å². The van der Waals surface area contributed by atoms with Gasteiger partial charge in [0.1, 0.15) is 5.82 Å². The highest BCUT2D eigenvalue weighted by Crippen LogP contribution is 2.30. The third kappa shape index (κ3) is 4.03. The summed E-state index contributed by atoms with van der Waals surface area (Å²) in [6, 6.07) is 16.3. The third-order valence-corrected chi connectivity index (χ3v) is 5.67. The van der Waals surface area contributed by atoms with Crippen molar-refractivity contribution in [3.63, 3.8) is 0 Å². The van der Waals surface area contributed by atoms with E-state index in [9.17, 15) is 9.18 Å². The van der Waals surface area contributed by atoms with Gasteiger partial charge in [-0.3, -0.25) is 4.79 Å². The first kappa shape index (κ1) is 19.2. The lowest BCUT2D eigenvalue weighted by Crippen LogP contribution is -2.19. The van der Waals surface area contributed by atoms with Crippen molar-refractivity contribution >= 4 is 34.6 Å². The second-order valence-electron chi connectivity index (χ2n) is 6.96. The van der Waals surface area contributed by atoms with Gasteiger partial charge >= 0.3 is 0 Å². The standard InChI is InChI=1S/C23H20FN3OS/c1-14-4-10-20(11-5-14)27-15(2)12-17(16(27)3)13-21-22(28)26-23(29-21)25-19-8-6-18(24)7-9-19/h4-13H,1-3H3,(H,25,26,28)/b21-13-. The zero-order chi connectivity index (χ0) is 20.5. The molecule has 146 valence electrons. The minimum Gasteiger partial charge on any atom is -0.318 e. The Labute approximate surface area is 173 Å². The van der Waals surface area contributed by atoms with E-state index in [1.165, 1.54) is 29.5 Å². The number of halogens is 1. The molecular weight excluding hydrogens is 385 g/mol.